The zero-order valence-electron chi connectivity index (χ0n) is 11.3. The molecule has 1 heterocycles. The Kier molecular flexibility index (Phi) is 4.14. The Bertz CT molecular complexity index is 710. The van der Waals surface area contributed by atoms with Crippen LogP contribution in [0.3, 0.4) is 0 Å². The first-order valence-electron chi connectivity index (χ1n) is 6.01. The molecule has 2 N–H and O–H groups in total. The van der Waals surface area contributed by atoms with E-state index in [0.29, 0.717) is 17.9 Å². The zero-order chi connectivity index (χ0) is 14.7. The molecule has 0 aliphatic carbocycles. The van der Waals surface area contributed by atoms with Crippen molar-refractivity contribution in [3.8, 4) is 5.75 Å². The van der Waals surface area contributed by atoms with Gasteiger partial charge in [0.15, 0.2) is 0 Å². The number of hydrogen-bond donors (Lipinski definition) is 1. The summed E-state index contributed by atoms with van der Waals surface area (Å²) < 4.78 is 6.59. The average Bonchev–Trinajstić information content (AvgIpc) is 2.41. The third kappa shape index (κ3) is 3.03. The molecule has 0 fully saturated rings. The molecule has 0 bridgehead atoms. The van der Waals surface area contributed by atoms with Crippen molar-refractivity contribution < 1.29 is 4.74 Å². The first-order valence-corrected chi connectivity index (χ1v) is 6.42. The summed E-state index contributed by atoms with van der Waals surface area (Å²) in [4.78, 5) is 12.1. The lowest BCUT2D eigenvalue weighted by Crippen LogP contribution is -2.23. The highest BCUT2D eigenvalue weighted by Gasteiger charge is 2.08. The van der Waals surface area contributed by atoms with Crippen molar-refractivity contribution in [1.82, 2.24) is 9.78 Å². The predicted octanol–water partition coefficient (Wildman–Crippen LogP) is 1.24. The second-order valence-corrected chi connectivity index (χ2v) is 4.87. The number of nitrogens with two attached hydrogens (primary N) is 1. The minimum Gasteiger partial charge on any atom is -0.496 e. The maximum atomic E-state index is 11.8. The van der Waals surface area contributed by atoms with Gasteiger partial charge in [-0.2, -0.15) is 5.10 Å². The fraction of sp³-hybridized carbons (Fsp3) is 0.214. The molecule has 5 nitrogen and oxygen atoms in total. The Balaban J connectivity index is 2.37. The van der Waals surface area contributed by atoms with Crippen molar-refractivity contribution in [2.75, 3.05) is 7.11 Å². The summed E-state index contributed by atoms with van der Waals surface area (Å²) in [6, 6.07) is 7.00. The molecular weight excluding hydrogens is 274 g/mol. The molecule has 104 valence electrons. The van der Waals surface area contributed by atoms with Crippen molar-refractivity contribution in [3.05, 3.63) is 57.5 Å². The second-order valence-electron chi connectivity index (χ2n) is 4.43. The van der Waals surface area contributed by atoms with E-state index in [1.54, 1.807) is 25.4 Å². The monoisotopic (exact) mass is 289 g/mol. The molecule has 0 aliphatic rings. The van der Waals surface area contributed by atoms with Gasteiger partial charge in [0.1, 0.15) is 10.7 Å². The molecule has 0 spiro atoms. The van der Waals surface area contributed by atoms with Gasteiger partial charge in [0.2, 0.25) is 0 Å². The van der Waals surface area contributed by atoms with E-state index < -0.39 is 0 Å². The number of thiocarbonyl (C=S) groups is 1. The fourth-order valence-corrected chi connectivity index (χ4v) is 2.02. The molecule has 20 heavy (non-hydrogen) atoms. The van der Waals surface area contributed by atoms with Gasteiger partial charge in [-0.05, 0) is 30.2 Å². The molecule has 0 saturated carbocycles. The van der Waals surface area contributed by atoms with Gasteiger partial charge in [-0.15, -0.1) is 0 Å². The fourth-order valence-electron chi connectivity index (χ4n) is 1.86. The summed E-state index contributed by atoms with van der Waals surface area (Å²) in [5.74, 6) is 0.616. The van der Waals surface area contributed by atoms with Gasteiger partial charge >= 0.3 is 0 Å². The van der Waals surface area contributed by atoms with Crippen LogP contribution in [-0.4, -0.2) is 21.9 Å². The number of hydrogen-bond acceptors (Lipinski definition) is 4. The van der Waals surface area contributed by atoms with E-state index in [9.17, 15) is 4.79 Å². The number of aryl methyl sites for hydroxylation is 1. The number of benzene rings is 1. The van der Waals surface area contributed by atoms with Crippen LogP contribution in [-0.2, 0) is 6.54 Å². The van der Waals surface area contributed by atoms with Crippen molar-refractivity contribution in [1.29, 1.82) is 0 Å². The summed E-state index contributed by atoms with van der Waals surface area (Å²) in [6.45, 7) is 2.19. The van der Waals surface area contributed by atoms with Crippen molar-refractivity contribution >= 4 is 17.2 Å². The van der Waals surface area contributed by atoms with Gasteiger partial charge in [-0.25, -0.2) is 4.68 Å². The van der Waals surface area contributed by atoms with E-state index in [2.05, 4.69) is 5.10 Å². The molecule has 0 radical (unpaired) electrons. The maximum absolute atomic E-state index is 11.8. The van der Waals surface area contributed by atoms with Crippen molar-refractivity contribution in [3.63, 3.8) is 0 Å². The maximum Gasteiger partial charge on any atom is 0.267 e. The highest BCUT2D eigenvalue weighted by atomic mass is 32.1. The molecule has 0 saturated heterocycles. The SMILES string of the molecule is COc1ccc(Cn2ncc(C)cc2=O)cc1C(N)=S. The van der Waals surface area contributed by atoms with E-state index in [-0.39, 0.29) is 10.5 Å². The summed E-state index contributed by atoms with van der Waals surface area (Å²) in [5.41, 5.74) is 7.90. The van der Waals surface area contributed by atoms with Crippen LogP contribution >= 0.6 is 12.2 Å². The van der Waals surface area contributed by atoms with Crippen LogP contribution < -0.4 is 16.0 Å². The third-order valence-corrected chi connectivity index (χ3v) is 3.09. The van der Waals surface area contributed by atoms with Crippen molar-refractivity contribution in [2.45, 2.75) is 13.5 Å². The van der Waals surface area contributed by atoms with Gasteiger partial charge in [-0.3, -0.25) is 4.79 Å². The van der Waals surface area contributed by atoms with Crippen LogP contribution in [0.4, 0.5) is 0 Å². The number of ether oxygens (including phenoxy) is 1. The van der Waals surface area contributed by atoms with Crippen LogP contribution in [0.5, 0.6) is 5.75 Å². The Morgan fingerprint density at radius 1 is 1.45 bits per heavy atom. The molecule has 0 unspecified atom stereocenters. The molecule has 0 amide bonds. The Morgan fingerprint density at radius 2 is 2.20 bits per heavy atom. The summed E-state index contributed by atoms with van der Waals surface area (Å²) >= 11 is 5.00. The van der Waals surface area contributed by atoms with E-state index in [4.69, 9.17) is 22.7 Å². The van der Waals surface area contributed by atoms with Gasteiger partial charge < -0.3 is 10.5 Å². The van der Waals surface area contributed by atoms with Gasteiger partial charge in [-0.1, -0.05) is 18.3 Å². The molecule has 0 atom stereocenters. The molecule has 1 aromatic heterocycles. The Hall–Kier alpha value is -2.21. The summed E-state index contributed by atoms with van der Waals surface area (Å²) in [6.07, 6.45) is 1.65. The molecule has 0 aliphatic heterocycles. The molecule has 6 heteroatoms. The quantitative estimate of drug-likeness (QED) is 0.858. The molecule has 2 aromatic rings. The van der Waals surface area contributed by atoms with Crippen LogP contribution in [0, 0.1) is 6.92 Å². The topological polar surface area (TPSA) is 70.1 Å². The predicted molar refractivity (Wildman–Crippen MR) is 81.2 cm³/mol. The van der Waals surface area contributed by atoms with E-state index >= 15 is 0 Å². The number of aromatic nitrogens is 2. The average molecular weight is 289 g/mol. The van der Waals surface area contributed by atoms with Crippen LogP contribution in [0.1, 0.15) is 16.7 Å². The van der Waals surface area contributed by atoms with Gasteiger partial charge in [0.25, 0.3) is 5.56 Å². The second kappa shape index (κ2) is 5.83. The van der Waals surface area contributed by atoms with E-state index in [0.717, 1.165) is 11.1 Å². The van der Waals surface area contributed by atoms with Crippen LogP contribution in [0.25, 0.3) is 0 Å². The standard InChI is InChI=1S/C14H15N3O2S/c1-9-5-13(18)17(16-7-9)8-10-3-4-12(19-2)11(6-10)14(15)20/h3-7H,8H2,1-2H3,(H2,15,20). The van der Waals surface area contributed by atoms with Gasteiger partial charge in [0, 0.05) is 6.07 Å². The highest BCUT2D eigenvalue weighted by Crippen LogP contribution is 2.20. The zero-order valence-corrected chi connectivity index (χ0v) is 12.1. The number of nitrogens with zero attached hydrogens (tertiary/aromatic N) is 2. The summed E-state index contributed by atoms with van der Waals surface area (Å²) in [7, 11) is 1.56. The third-order valence-electron chi connectivity index (χ3n) is 2.87. The lowest BCUT2D eigenvalue weighted by atomic mass is 10.1. The first-order chi connectivity index (χ1) is 9.51. The lowest BCUT2D eigenvalue weighted by Gasteiger charge is -2.10. The summed E-state index contributed by atoms with van der Waals surface area (Å²) in [5, 5.41) is 4.10. The Labute approximate surface area is 122 Å². The van der Waals surface area contributed by atoms with Crippen LogP contribution in [0.15, 0.2) is 35.3 Å². The van der Waals surface area contributed by atoms with Gasteiger partial charge in [0.05, 0.1) is 25.4 Å². The molecular formula is C14H15N3O2S. The lowest BCUT2D eigenvalue weighted by molar-refractivity contribution is 0.413. The smallest absolute Gasteiger partial charge is 0.267 e. The van der Waals surface area contributed by atoms with E-state index in [1.807, 2.05) is 19.1 Å². The van der Waals surface area contributed by atoms with E-state index in [1.165, 1.54) is 4.68 Å². The normalized spacial score (nSPS) is 10.3. The minimum atomic E-state index is -0.141. The number of rotatable bonds is 4. The first kappa shape index (κ1) is 14.2. The van der Waals surface area contributed by atoms with Crippen LogP contribution in [0.2, 0.25) is 0 Å². The minimum absolute atomic E-state index is 0.141. The number of methoxy groups -OCH3 is 1. The molecule has 2 rings (SSSR count). The Morgan fingerprint density at radius 3 is 2.80 bits per heavy atom. The largest absolute Gasteiger partial charge is 0.496 e. The molecule has 1 aromatic carbocycles. The highest BCUT2D eigenvalue weighted by molar-refractivity contribution is 7.80. The van der Waals surface area contributed by atoms with Crippen molar-refractivity contribution in [2.24, 2.45) is 5.73 Å².